The maximum absolute atomic E-state index is 3.59. The largest absolute Gasteiger partial charge is 0.310 e. The van der Waals surface area contributed by atoms with Crippen LogP contribution in [0.4, 0.5) is 0 Å². The summed E-state index contributed by atoms with van der Waals surface area (Å²) in [6.45, 7) is 10.0. The van der Waals surface area contributed by atoms with Crippen LogP contribution < -0.4 is 5.32 Å². The molecule has 0 fully saturated rings. The molecule has 0 amide bonds. The molecule has 1 aliphatic carbocycles. The fraction of sp³-hybridized carbons (Fsp3) is 0.571. The summed E-state index contributed by atoms with van der Waals surface area (Å²) in [5.74, 6) is 0.711. The lowest BCUT2D eigenvalue weighted by Gasteiger charge is -2.15. The highest BCUT2D eigenvalue weighted by Crippen LogP contribution is 2.42. The molecule has 1 aliphatic rings. The second-order valence-corrected chi connectivity index (χ2v) is 4.83. The molecule has 0 saturated heterocycles. The normalized spacial score (nSPS) is 24.3. The lowest BCUT2D eigenvalue weighted by atomic mass is 9.97. The lowest BCUT2D eigenvalue weighted by molar-refractivity contribution is 0.519. The number of aryl methyl sites for hydroxylation is 2. The summed E-state index contributed by atoms with van der Waals surface area (Å²) in [4.78, 5) is 0. The van der Waals surface area contributed by atoms with Gasteiger partial charge in [-0.2, -0.15) is 0 Å². The number of hydrogen-bond acceptors (Lipinski definition) is 1. The van der Waals surface area contributed by atoms with Crippen molar-refractivity contribution in [3.8, 4) is 0 Å². The Bertz CT molecular complexity index is 368. The molecule has 0 aromatic heterocycles. The van der Waals surface area contributed by atoms with Crippen LogP contribution >= 0.6 is 0 Å². The van der Waals surface area contributed by atoms with Crippen LogP contribution in [-0.4, -0.2) is 6.54 Å². The van der Waals surface area contributed by atoms with Crippen molar-refractivity contribution in [2.75, 3.05) is 6.54 Å². The smallest absolute Gasteiger partial charge is 0.0331 e. The maximum atomic E-state index is 3.59. The first-order valence-electron chi connectivity index (χ1n) is 5.98. The van der Waals surface area contributed by atoms with E-state index >= 15 is 0 Å². The van der Waals surface area contributed by atoms with Crippen molar-refractivity contribution >= 4 is 0 Å². The Morgan fingerprint density at radius 1 is 1.33 bits per heavy atom. The summed E-state index contributed by atoms with van der Waals surface area (Å²) in [6.07, 6.45) is 1.26. The minimum absolute atomic E-state index is 0.584. The molecular weight excluding hydrogens is 182 g/mol. The molecule has 0 aliphatic heterocycles. The molecule has 1 N–H and O–H groups in total. The van der Waals surface area contributed by atoms with Crippen molar-refractivity contribution in [3.05, 3.63) is 34.4 Å². The molecule has 1 heteroatoms. The quantitative estimate of drug-likeness (QED) is 0.776. The van der Waals surface area contributed by atoms with E-state index in [1.807, 2.05) is 0 Å². The zero-order valence-electron chi connectivity index (χ0n) is 10.2. The third kappa shape index (κ3) is 1.81. The van der Waals surface area contributed by atoms with E-state index in [1.54, 1.807) is 11.1 Å². The Hall–Kier alpha value is -0.820. The predicted molar refractivity (Wildman–Crippen MR) is 65.4 cm³/mol. The molecule has 2 rings (SSSR count). The van der Waals surface area contributed by atoms with E-state index < -0.39 is 0 Å². The maximum Gasteiger partial charge on any atom is 0.0331 e. The van der Waals surface area contributed by atoms with Gasteiger partial charge < -0.3 is 5.32 Å². The fourth-order valence-corrected chi connectivity index (χ4v) is 2.93. The standard InChI is InChI=1S/C14H21N/c1-5-15-13-8-10(3)12-7-9(2)6-11(4)14(12)13/h6-7,10,13,15H,5,8H2,1-4H3. The van der Waals surface area contributed by atoms with Crippen LogP contribution in [0, 0.1) is 13.8 Å². The molecule has 1 aromatic rings. The Morgan fingerprint density at radius 3 is 2.73 bits per heavy atom. The number of benzene rings is 1. The van der Waals surface area contributed by atoms with Gasteiger partial charge in [0.15, 0.2) is 0 Å². The van der Waals surface area contributed by atoms with E-state index in [0.29, 0.717) is 12.0 Å². The summed E-state index contributed by atoms with van der Waals surface area (Å²) < 4.78 is 0. The summed E-state index contributed by atoms with van der Waals surface area (Å²) >= 11 is 0. The first-order valence-corrected chi connectivity index (χ1v) is 5.98. The highest BCUT2D eigenvalue weighted by molar-refractivity contribution is 5.45. The second-order valence-electron chi connectivity index (χ2n) is 4.83. The number of hydrogen-bond donors (Lipinski definition) is 1. The number of rotatable bonds is 2. The van der Waals surface area contributed by atoms with E-state index in [9.17, 15) is 0 Å². The van der Waals surface area contributed by atoms with Gasteiger partial charge in [-0.1, -0.05) is 31.5 Å². The Kier molecular flexibility index (Phi) is 2.83. The molecule has 0 radical (unpaired) electrons. The van der Waals surface area contributed by atoms with Crippen LogP contribution in [-0.2, 0) is 0 Å². The number of fused-ring (bicyclic) bond motifs is 1. The summed E-state index contributed by atoms with van der Waals surface area (Å²) in [5.41, 5.74) is 5.99. The molecule has 15 heavy (non-hydrogen) atoms. The van der Waals surface area contributed by atoms with Crippen LogP contribution in [0.15, 0.2) is 12.1 Å². The van der Waals surface area contributed by atoms with Gasteiger partial charge >= 0.3 is 0 Å². The Labute approximate surface area is 92.9 Å². The van der Waals surface area contributed by atoms with Crippen molar-refractivity contribution in [3.63, 3.8) is 0 Å². The average Bonchev–Trinajstić information content (AvgIpc) is 2.44. The van der Waals surface area contributed by atoms with Crippen molar-refractivity contribution in [1.29, 1.82) is 0 Å². The second kappa shape index (κ2) is 3.97. The lowest BCUT2D eigenvalue weighted by Crippen LogP contribution is -2.19. The molecule has 0 heterocycles. The van der Waals surface area contributed by atoms with Crippen molar-refractivity contribution in [2.24, 2.45) is 0 Å². The monoisotopic (exact) mass is 203 g/mol. The van der Waals surface area contributed by atoms with Crippen LogP contribution in [0.3, 0.4) is 0 Å². The Balaban J connectivity index is 2.45. The summed E-state index contributed by atoms with van der Waals surface area (Å²) in [6, 6.07) is 5.26. The van der Waals surface area contributed by atoms with Crippen molar-refractivity contribution in [1.82, 2.24) is 5.32 Å². The SMILES string of the molecule is CCNC1CC(C)c2cc(C)cc(C)c21. The number of nitrogens with one attached hydrogen (secondary N) is 1. The molecule has 0 saturated carbocycles. The van der Waals surface area contributed by atoms with E-state index in [0.717, 1.165) is 6.54 Å². The molecule has 0 spiro atoms. The molecule has 1 nitrogen and oxygen atoms in total. The highest BCUT2D eigenvalue weighted by Gasteiger charge is 2.28. The van der Waals surface area contributed by atoms with Gasteiger partial charge in [0.25, 0.3) is 0 Å². The van der Waals surface area contributed by atoms with E-state index in [4.69, 9.17) is 0 Å². The molecule has 2 atom stereocenters. The van der Waals surface area contributed by atoms with Crippen molar-refractivity contribution in [2.45, 2.75) is 46.1 Å². The predicted octanol–water partition coefficient (Wildman–Crippen LogP) is 3.46. The van der Waals surface area contributed by atoms with Crippen LogP contribution in [0.25, 0.3) is 0 Å². The van der Waals surface area contributed by atoms with Crippen LogP contribution in [0.2, 0.25) is 0 Å². The summed E-state index contributed by atoms with van der Waals surface area (Å²) in [7, 11) is 0. The molecule has 82 valence electrons. The topological polar surface area (TPSA) is 12.0 Å². The van der Waals surface area contributed by atoms with Gasteiger partial charge in [0.1, 0.15) is 0 Å². The first kappa shape index (κ1) is 10.7. The fourth-order valence-electron chi connectivity index (χ4n) is 2.93. The van der Waals surface area contributed by atoms with E-state index in [1.165, 1.54) is 17.5 Å². The highest BCUT2D eigenvalue weighted by atomic mass is 14.9. The molecule has 2 unspecified atom stereocenters. The van der Waals surface area contributed by atoms with Gasteiger partial charge in [-0.05, 0) is 49.4 Å². The van der Waals surface area contributed by atoms with E-state index in [-0.39, 0.29) is 0 Å². The molecule has 0 bridgehead atoms. The van der Waals surface area contributed by atoms with E-state index in [2.05, 4.69) is 45.1 Å². The van der Waals surface area contributed by atoms with Crippen molar-refractivity contribution < 1.29 is 0 Å². The van der Waals surface area contributed by atoms with Crippen LogP contribution in [0.5, 0.6) is 0 Å². The molecular formula is C14H21N. The van der Waals surface area contributed by atoms with Gasteiger partial charge in [0.05, 0.1) is 0 Å². The minimum Gasteiger partial charge on any atom is -0.310 e. The van der Waals surface area contributed by atoms with Gasteiger partial charge in [0, 0.05) is 6.04 Å². The van der Waals surface area contributed by atoms with Gasteiger partial charge in [-0.25, -0.2) is 0 Å². The van der Waals surface area contributed by atoms with Gasteiger partial charge in [-0.15, -0.1) is 0 Å². The van der Waals surface area contributed by atoms with Gasteiger partial charge in [-0.3, -0.25) is 0 Å². The first-order chi connectivity index (χ1) is 7.13. The summed E-state index contributed by atoms with van der Waals surface area (Å²) in [5, 5.41) is 3.59. The zero-order chi connectivity index (χ0) is 11.0. The Morgan fingerprint density at radius 2 is 2.07 bits per heavy atom. The average molecular weight is 203 g/mol. The molecule has 1 aromatic carbocycles. The van der Waals surface area contributed by atoms with Crippen LogP contribution in [0.1, 0.15) is 54.5 Å². The third-order valence-electron chi connectivity index (χ3n) is 3.48. The van der Waals surface area contributed by atoms with Gasteiger partial charge in [0.2, 0.25) is 0 Å². The third-order valence-corrected chi connectivity index (χ3v) is 3.48. The minimum atomic E-state index is 0.584. The zero-order valence-corrected chi connectivity index (χ0v) is 10.2.